The first-order valence-electron chi connectivity index (χ1n) is 8.76. The number of nitrogens with one attached hydrogen (secondary N) is 1. The highest BCUT2D eigenvalue weighted by Crippen LogP contribution is 2.32. The van der Waals surface area contributed by atoms with Gasteiger partial charge in [-0.2, -0.15) is 0 Å². The molecule has 0 saturated carbocycles. The maximum absolute atomic E-state index is 13.0. The minimum atomic E-state index is -1.25. The second-order valence-corrected chi connectivity index (χ2v) is 6.79. The summed E-state index contributed by atoms with van der Waals surface area (Å²) in [7, 11) is 3.07. The molecule has 3 amide bonds. The maximum atomic E-state index is 13.0. The van der Waals surface area contributed by atoms with Gasteiger partial charge in [-0.25, -0.2) is 4.79 Å². The molecule has 1 aliphatic rings. The van der Waals surface area contributed by atoms with Gasteiger partial charge in [0.2, 0.25) is 0 Å². The molecule has 1 aliphatic heterocycles. The highest BCUT2D eigenvalue weighted by atomic mass is 16.5. The summed E-state index contributed by atoms with van der Waals surface area (Å²) in [4.78, 5) is 39.0. The molecule has 2 aromatic carbocycles. The molecule has 28 heavy (non-hydrogen) atoms. The molecule has 1 unspecified atom stereocenters. The molecule has 7 nitrogen and oxygen atoms in total. The van der Waals surface area contributed by atoms with E-state index in [0.717, 1.165) is 10.5 Å². The summed E-state index contributed by atoms with van der Waals surface area (Å²) in [5, 5.41) is 2.71. The Bertz CT molecular complexity index is 956. The van der Waals surface area contributed by atoms with Gasteiger partial charge in [0.1, 0.15) is 17.0 Å². The van der Waals surface area contributed by atoms with E-state index in [9.17, 15) is 14.4 Å². The van der Waals surface area contributed by atoms with Crippen LogP contribution in [0.25, 0.3) is 0 Å². The van der Waals surface area contributed by atoms with E-state index in [0.29, 0.717) is 22.6 Å². The topological polar surface area (TPSA) is 84.9 Å². The predicted octanol–water partition coefficient (Wildman–Crippen LogP) is 2.66. The number of Topliss-reactive ketones (excluding diaryl/α,β-unsaturated/α-hetero) is 1. The molecule has 1 N–H and O–H groups in total. The van der Waals surface area contributed by atoms with Crippen LogP contribution in [0.2, 0.25) is 0 Å². The highest BCUT2D eigenvalue weighted by molar-refractivity contribution is 6.11. The molecule has 2 aromatic rings. The van der Waals surface area contributed by atoms with Gasteiger partial charge in [0, 0.05) is 5.56 Å². The molecule has 146 valence electrons. The lowest BCUT2D eigenvalue weighted by Crippen LogP contribution is -2.41. The van der Waals surface area contributed by atoms with E-state index in [4.69, 9.17) is 9.47 Å². The Morgan fingerprint density at radius 2 is 1.86 bits per heavy atom. The van der Waals surface area contributed by atoms with Crippen molar-refractivity contribution in [3.8, 4) is 11.5 Å². The van der Waals surface area contributed by atoms with E-state index in [1.807, 2.05) is 6.92 Å². The van der Waals surface area contributed by atoms with Crippen molar-refractivity contribution in [1.82, 2.24) is 10.2 Å². The van der Waals surface area contributed by atoms with Gasteiger partial charge in [0.15, 0.2) is 5.78 Å². The van der Waals surface area contributed by atoms with Crippen molar-refractivity contribution in [1.29, 1.82) is 0 Å². The zero-order valence-corrected chi connectivity index (χ0v) is 16.2. The second kappa shape index (κ2) is 7.34. The fourth-order valence-electron chi connectivity index (χ4n) is 3.26. The number of carbonyl (C=O) groups is 3. The first-order valence-corrected chi connectivity index (χ1v) is 8.76. The molecule has 0 aromatic heterocycles. The fraction of sp³-hybridized carbons (Fsp3) is 0.286. The average Bonchev–Trinajstić information content (AvgIpc) is 2.91. The summed E-state index contributed by atoms with van der Waals surface area (Å²) < 4.78 is 10.4. The zero-order chi connectivity index (χ0) is 20.5. The van der Waals surface area contributed by atoms with Crippen LogP contribution >= 0.6 is 0 Å². The van der Waals surface area contributed by atoms with Gasteiger partial charge >= 0.3 is 6.03 Å². The predicted molar refractivity (Wildman–Crippen MR) is 103 cm³/mol. The lowest BCUT2D eigenvalue weighted by molar-refractivity contribution is -0.130. The summed E-state index contributed by atoms with van der Waals surface area (Å²) >= 11 is 0. The Morgan fingerprint density at radius 1 is 1.11 bits per heavy atom. The molecule has 0 radical (unpaired) electrons. The van der Waals surface area contributed by atoms with Gasteiger partial charge < -0.3 is 14.8 Å². The molecule has 1 fully saturated rings. The largest absolute Gasteiger partial charge is 0.497 e. The summed E-state index contributed by atoms with van der Waals surface area (Å²) in [6, 6.07) is 11.3. The van der Waals surface area contributed by atoms with Crippen molar-refractivity contribution in [2.45, 2.75) is 19.4 Å². The van der Waals surface area contributed by atoms with Crippen LogP contribution in [0.15, 0.2) is 42.5 Å². The van der Waals surface area contributed by atoms with Crippen LogP contribution in [-0.4, -0.2) is 43.4 Å². The zero-order valence-electron chi connectivity index (χ0n) is 16.2. The molecule has 1 heterocycles. The molecule has 7 heteroatoms. The molecular formula is C21H22N2O5. The summed E-state index contributed by atoms with van der Waals surface area (Å²) in [6.07, 6.45) is 0. The lowest BCUT2D eigenvalue weighted by atomic mass is 9.90. The van der Waals surface area contributed by atoms with Crippen LogP contribution in [0.5, 0.6) is 11.5 Å². The SMILES string of the molecule is COc1cccc(C(=O)CN2C(=O)NC(C)(c3ccc(OC)c(C)c3)C2=O)c1. The number of imide groups is 1. The van der Waals surface area contributed by atoms with Crippen molar-refractivity contribution >= 4 is 17.7 Å². The van der Waals surface area contributed by atoms with Crippen molar-refractivity contribution < 1.29 is 23.9 Å². The Kier molecular flexibility index (Phi) is 5.09. The van der Waals surface area contributed by atoms with Crippen molar-refractivity contribution in [3.63, 3.8) is 0 Å². The van der Waals surface area contributed by atoms with Crippen LogP contribution in [0.1, 0.15) is 28.4 Å². The maximum Gasteiger partial charge on any atom is 0.325 e. The first kappa shape index (κ1) is 19.4. The van der Waals surface area contributed by atoms with Gasteiger partial charge in [-0.05, 0) is 49.2 Å². The third-order valence-corrected chi connectivity index (χ3v) is 4.94. The average molecular weight is 382 g/mol. The second-order valence-electron chi connectivity index (χ2n) is 6.79. The number of amides is 3. The number of ether oxygens (including phenoxy) is 2. The van der Waals surface area contributed by atoms with Crippen molar-refractivity contribution in [2.75, 3.05) is 20.8 Å². The number of hydrogen-bond donors (Lipinski definition) is 1. The summed E-state index contributed by atoms with van der Waals surface area (Å²) in [6.45, 7) is 3.14. The normalized spacial score (nSPS) is 18.8. The van der Waals surface area contributed by atoms with E-state index < -0.39 is 17.5 Å². The monoisotopic (exact) mass is 382 g/mol. The van der Waals surface area contributed by atoms with Crippen LogP contribution in [0.4, 0.5) is 4.79 Å². The lowest BCUT2D eigenvalue weighted by Gasteiger charge is -2.23. The molecule has 0 spiro atoms. The van der Waals surface area contributed by atoms with E-state index >= 15 is 0 Å². The van der Waals surface area contributed by atoms with Crippen LogP contribution in [-0.2, 0) is 10.3 Å². The molecule has 0 aliphatic carbocycles. The van der Waals surface area contributed by atoms with Crippen molar-refractivity contribution in [2.24, 2.45) is 0 Å². The number of benzene rings is 2. The minimum Gasteiger partial charge on any atom is -0.497 e. The summed E-state index contributed by atoms with van der Waals surface area (Å²) in [5.74, 6) is 0.395. The Balaban J connectivity index is 1.84. The number of ketones is 1. The molecular weight excluding hydrogens is 360 g/mol. The number of urea groups is 1. The molecule has 3 rings (SSSR count). The third-order valence-electron chi connectivity index (χ3n) is 4.94. The first-order chi connectivity index (χ1) is 13.3. The molecule has 1 atom stereocenters. The van der Waals surface area contributed by atoms with Gasteiger partial charge in [-0.1, -0.05) is 18.2 Å². The van der Waals surface area contributed by atoms with Gasteiger partial charge in [0.05, 0.1) is 20.8 Å². The number of nitrogens with zero attached hydrogens (tertiary/aromatic N) is 1. The Morgan fingerprint density at radius 3 is 2.50 bits per heavy atom. The molecule has 0 bridgehead atoms. The quantitative estimate of drug-likeness (QED) is 0.613. The third kappa shape index (κ3) is 3.31. The van der Waals surface area contributed by atoms with E-state index in [1.54, 1.807) is 56.5 Å². The van der Waals surface area contributed by atoms with Gasteiger partial charge in [0.25, 0.3) is 5.91 Å². The highest BCUT2D eigenvalue weighted by Gasteiger charge is 2.49. The summed E-state index contributed by atoms with van der Waals surface area (Å²) in [5.41, 5.74) is 0.589. The standard InChI is InChI=1S/C21H22N2O5/c1-13-10-15(8-9-18(13)28-4)21(2)19(25)23(20(26)22-21)12-17(24)14-6-5-7-16(11-14)27-3/h5-11H,12H2,1-4H3,(H,22,26). The minimum absolute atomic E-state index is 0.345. The van der Waals surface area contributed by atoms with E-state index in [1.165, 1.54) is 7.11 Å². The van der Waals surface area contributed by atoms with Gasteiger partial charge in [-0.3, -0.25) is 14.5 Å². The smallest absolute Gasteiger partial charge is 0.325 e. The fourth-order valence-corrected chi connectivity index (χ4v) is 3.26. The number of rotatable bonds is 6. The Hall–Kier alpha value is -3.35. The van der Waals surface area contributed by atoms with E-state index in [2.05, 4.69) is 5.32 Å². The van der Waals surface area contributed by atoms with E-state index in [-0.39, 0.29) is 12.3 Å². The number of carbonyl (C=O) groups excluding carboxylic acids is 3. The van der Waals surface area contributed by atoms with Crippen LogP contribution < -0.4 is 14.8 Å². The van der Waals surface area contributed by atoms with Crippen LogP contribution in [0.3, 0.4) is 0 Å². The number of aryl methyl sites for hydroxylation is 1. The Labute approximate surface area is 163 Å². The van der Waals surface area contributed by atoms with Gasteiger partial charge in [-0.15, -0.1) is 0 Å². The molecule has 1 saturated heterocycles. The number of methoxy groups -OCH3 is 2. The van der Waals surface area contributed by atoms with Crippen molar-refractivity contribution in [3.05, 3.63) is 59.2 Å². The number of hydrogen-bond acceptors (Lipinski definition) is 5. The van der Waals surface area contributed by atoms with Crippen LogP contribution in [0, 0.1) is 6.92 Å².